The van der Waals surface area contributed by atoms with Crippen LogP contribution in [0.3, 0.4) is 0 Å². The molecule has 0 aromatic rings. The summed E-state index contributed by atoms with van der Waals surface area (Å²) in [5, 5.41) is 4.50. The maximum absolute atomic E-state index is 3.73. The Balaban J connectivity index is 2.64. The lowest BCUT2D eigenvalue weighted by Crippen LogP contribution is -2.52. The number of hydrogen-bond donors (Lipinski definition) is 1. The van der Waals surface area contributed by atoms with Gasteiger partial charge in [0.05, 0.1) is 0 Å². The van der Waals surface area contributed by atoms with Crippen LogP contribution in [0.5, 0.6) is 0 Å². The summed E-state index contributed by atoms with van der Waals surface area (Å²) in [5.41, 5.74) is 0.601. The largest absolute Gasteiger partial charge is 0.311 e. The second-order valence-electron chi connectivity index (χ2n) is 7.95. The molecule has 0 bridgehead atoms. The van der Waals surface area contributed by atoms with Crippen molar-refractivity contribution >= 4 is 11.8 Å². The molecule has 0 aromatic carbocycles. The summed E-state index contributed by atoms with van der Waals surface area (Å²) in [4.78, 5) is 2.72. The lowest BCUT2D eigenvalue weighted by atomic mass is 9.83. The van der Waals surface area contributed by atoms with Crippen molar-refractivity contribution in [3.63, 3.8) is 0 Å². The van der Waals surface area contributed by atoms with Crippen LogP contribution in [0.4, 0.5) is 0 Å². The Hall–Kier alpha value is 0.270. The molecule has 3 heteroatoms. The van der Waals surface area contributed by atoms with E-state index in [-0.39, 0.29) is 5.54 Å². The minimum atomic E-state index is 0.214. The van der Waals surface area contributed by atoms with E-state index in [9.17, 15) is 0 Å². The second-order valence-corrected chi connectivity index (χ2v) is 9.44. The molecule has 0 aromatic heterocycles. The molecule has 20 heavy (non-hydrogen) atoms. The lowest BCUT2D eigenvalue weighted by molar-refractivity contribution is 0.112. The predicted octanol–water partition coefficient (Wildman–Crippen LogP) is 4.01. The van der Waals surface area contributed by atoms with Gasteiger partial charge < -0.3 is 5.32 Å². The molecule has 0 aliphatic carbocycles. The van der Waals surface area contributed by atoms with Crippen molar-refractivity contribution in [3.8, 4) is 0 Å². The van der Waals surface area contributed by atoms with E-state index in [0.29, 0.717) is 11.5 Å². The van der Waals surface area contributed by atoms with Crippen LogP contribution in [0.25, 0.3) is 0 Å². The Labute approximate surface area is 131 Å². The summed E-state index contributed by atoms with van der Waals surface area (Å²) in [5.74, 6) is 1.29. The normalized spacial score (nSPS) is 28.4. The molecule has 1 fully saturated rings. The molecular formula is C17H36N2S. The average Bonchev–Trinajstić information content (AvgIpc) is 2.32. The van der Waals surface area contributed by atoms with Gasteiger partial charge in [0.1, 0.15) is 0 Å². The fourth-order valence-electron chi connectivity index (χ4n) is 3.01. The highest BCUT2D eigenvalue weighted by Crippen LogP contribution is 2.30. The summed E-state index contributed by atoms with van der Waals surface area (Å²) in [6, 6.07) is 0.708. The maximum atomic E-state index is 3.73. The van der Waals surface area contributed by atoms with Gasteiger partial charge in [0.25, 0.3) is 0 Å². The number of nitrogens with one attached hydrogen (secondary N) is 1. The van der Waals surface area contributed by atoms with Crippen molar-refractivity contribution in [1.29, 1.82) is 0 Å². The van der Waals surface area contributed by atoms with E-state index >= 15 is 0 Å². The molecule has 1 heterocycles. The van der Waals surface area contributed by atoms with Gasteiger partial charge >= 0.3 is 0 Å². The van der Waals surface area contributed by atoms with E-state index in [1.165, 1.54) is 31.7 Å². The van der Waals surface area contributed by atoms with Crippen LogP contribution in [0.1, 0.15) is 61.3 Å². The molecule has 0 radical (unpaired) electrons. The van der Waals surface area contributed by atoms with Crippen LogP contribution < -0.4 is 5.32 Å². The molecule has 1 aliphatic heterocycles. The molecule has 0 amide bonds. The van der Waals surface area contributed by atoms with Crippen LogP contribution in [-0.2, 0) is 0 Å². The fraction of sp³-hybridized carbons (Fsp3) is 1.00. The van der Waals surface area contributed by atoms with E-state index in [1.807, 2.05) is 0 Å². The van der Waals surface area contributed by atoms with Crippen LogP contribution in [0.15, 0.2) is 0 Å². The molecule has 1 saturated heterocycles. The number of thioether (sulfide) groups is 1. The van der Waals surface area contributed by atoms with Crippen molar-refractivity contribution in [3.05, 3.63) is 0 Å². The zero-order valence-electron chi connectivity index (χ0n) is 14.8. The lowest BCUT2D eigenvalue weighted by Gasteiger charge is -2.44. The molecule has 3 unspecified atom stereocenters. The molecule has 0 saturated carbocycles. The number of nitrogens with zero attached hydrogens (tertiary/aromatic N) is 1. The SMILES string of the molecule is CCCC(C)(CNC(C)(C)C)CN1CCSC(C)C1C. The van der Waals surface area contributed by atoms with E-state index in [2.05, 4.69) is 70.4 Å². The van der Waals surface area contributed by atoms with Gasteiger partial charge in [-0.3, -0.25) is 4.90 Å². The van der Waals surface area contributed by atoms with Crippen LogP contribution in [-0.4, -0.2) is 47.1 Å². The third kappa shape index (κ3) is 5.95. The molecule has 120 valence electrons. The van der Waals surface area contributed by atoms with Crippen molar-refractivity contribution in [1.82, 2.24) is 10.2 Å². The topological polar surface area (TPSA) is 15.3 Å². The van der Waals surface area contributed by atoms with Gasteiger partial charge in [0.2, 0.25) is 0 Å². The maximum Gasteiger partial charge on any atom is 0.0184 e. The highest BCUT2D eigenvalue weighted by atomic mass is 32.2. The average molecular weight is 301 g/mol. The zero-order chi connectivity index (χ0) is 15.4. The number of rotatable bonds is 6. The summed E-state index contributed by atoms with van der Waals surface area (Å²) >= 11 is 2.13. The Morgan fingerprint density at radius 2 is 1.85 bits per heavy atom. The van der Waals surface area contributed by atoms with E-state index in [1.54, 1.807) is 0 Å². The molecule has 1 aliphatic rings. The quantitative estimate of drug-likeness (QED) is 0.798. The fourth-order valence-corrected chi connectivity index (χ4v) is 4.18. The zero-order valence-corrected chi connectivity index (χ0v) is 15.6. The first-order chi connectivity index (χ1) is 9.17. The minimum Gasteiger partial charge on any atom is -0.311 e. The van der Waals surface area contributed by atoms with Crippen LogP contribution >= 0.6 is 11.8 Å². The smallest absolute Gasteiger partial charge is 0.0184 e. The third-order valence-electron chi connectivity index (χ3n) is 4.50. The van der Waals surface area contributed by atoms with Gasteiger partial charge in [0, 0.05) is 42.2 Å². The molecule has 1 rings (SSSR count). The monoisotopic (exact) mass is 300 g/mol. The van der Waals surface area contributed by atoms with E-state index in [0.717, 1.165) is 11.8 Å². The Morgan fingerprint density at radius 1 is 1.20 bits per heavy atom. The van der Waals surface area contributed by atoms with Crippen molar-refractivity contribution in [2.45, 2.75) is 78.1 Å². The number of hydrogen-bond acceptors (Lipinski definition) is 3. The first-order valence-corrected chi connectivity index (χ1v) is 9.32. The minimum absolute atomic E-state index is 0.214. The van der Waals surface area contributed by atoms with Gasteiger partial charge in [0.15, 0.2) is 0 Å². The molecule has 1 N–H and O–H groups in total. The van der Waals surface area contributed by atoms with Crippen molar-refractivity contribution in [2.75, 3.05) is 25.4 Å². The van der Waals surface area contributed by atoms with Gasteiger partial charge in [-0.25, -0.2) is 0 Å². The van der Waals surface area contributed by atoms with Crippen molar-refractivity contribution in [2.24, 2.45) is 5.41 Å². The first-order valence-electron chi connectivity index (χ1n) is 8.27. The third-order valence-corrected chi connectivity index (χ3v) is 5.84. The molecule has 2 nitrogen and oxygen atoms in total. The van der Waals surface area contributed by atoms with E-state index < -0.39 is 0 Å². The predicted molar refractivity (Wildman–Crippen MR) is 93.7 cm³/mol. The Bertz CT molecular complexity index is 287. The highest BCUT2D eigenvalue weighted by molar-refractivity contribution is 8.00. The first kappa shape index (κ1) is 18.3. The second kappa shape index (κ2) is 7.51. The molecule has 3 atom stereocenters. The van der Waals surface area contributed by atoms with Gasteiger partial charge in [-0.15, -0.1) is 0 Å². The summed E-state index contributed by atoms with van der Waals surface area (Å²) in [7, 11) is 0. The highest BCUT2D eigenvalue weighted by Gasteiger charge is 2.32. The van der Waals surface area contributed by atoms with Gasteiger partial charge in [-0.2, -0.15) is 11.8 Å². The van der Waals surface area contributed by atoms with Crippen LogP contribution in [0, 0.1) is 5.41 Å². The van der Waals surface area contributed by atoms with Crippen molar-refractivity contribution < 1.29 is 0 Å². The summed E-state index contributed by atoms with van der Waals surface area (Å²) in [6.07, 6.45) is 2.58. The van der Waals surface area contributed by atoms with Gasteiger partial charge in [-0.05, 0) is 39.5 Å². The van der Waals surface area contributed by atoms with Gasteiger partial charge in [-0.1, -0.05) is 27.2 Å². The Morgan fingerprint density at radius 3 is 2.40 bits per heavy atom. The standard InChI is InChI=1S/C17H36N2S/c1-8-9-17(7,12-18-16(4,5)6)13-19-10-11-20-15(3)14(19)2/h14-15,18H,8-13H2,1-7H3. The molecular weight excluding hydrogens is 264 g/mol. The summed E-state index contributed by atoms with van der Waals surface area (Å²) in [6.45, 7) is 20.0. The molecule has 0 spiro atoms. The Kier molecular flexibility index (Phi) is 6.88. The van der Waals surface area contributed by atoms with E-state index in [4.69, 9.17) is 0 Å². The summed E-state index contributed by atoms with van der Waals surface area (Å²) < 4.78 is 0. The van der Waals surface area contributed by atoms with Crippen LogP contribution in [0.2, 0.25) is 0 Å².